The van der Waals surface area contributed by atoms with Crippen LogP contribution in [0.1, 0.15) is 10.4 Å². The molecule has 0 saturated heterocycles. The summed E-state index contributed by atoms with van der Waals surface area (Å²) in [5.41, 5.74) is 5.90. The Morgan fingerprint density at radius 2 is 2.50 bits per heavy atom. The predicted molar refractivity (Wildman–Crippen MR) is 47.8 cm³/mol. The maximum absolute atomic E-state index is 9.19. The molecule has 0 spiro atoms. The standard InChI is InChI=1S/C8H10N2OS/c9-3-6-1-8(12-5-6)2-7(11)4-10/h1,5,7,11H,2,4,10H2. The lowest BCUT2D eigenvalue weighted by Crippen LogP contribution is -2.21. The van der Waals surface area contributed by atoms with Crippen molar-refractivity contribution >= 4 is 11.3 Å². The molecule has 1 atom stereocenters. The van der Waals surface area contributed by atoms with Crippen molar-refractivity contribution in [3.63, 3.8) is 0 Å². The summed E-state index contributed by atoms with van der Waals surface area (Å²) in [7, 11) is 0. The van der Waals surface area contributed by atoms with E-state index in [-0.39, 0.29) is 6.54 Å². The third-order valence-electron chi connectivity index (χ3n) is 1.49. The second-order valence-corrected chi connectivity index (χ2v) is 3.50. The van der Waals surface area contributed by atoms with Crippen LogP contribution in [0.4, 0.5) is 0 Å². The molecule has 0 aliphatic rings. The molecule has 0 radical (unpaired) electrons. The molecule has 0 amide bonds. The number of nitrogens with zero attached hydrogens (tertiary/aromatic N) is 1. The van der Waals surface area contributed by atoms with Crippen molar-refractivity contribution in [1.29, 1.82) is 5.26 Å². The Hall–Kier alpha value is -0.890. The number of thiophene rings is 1. The van der Waals surface area contributed by atoms with Crippen LogP contribution in [0.25, 0.3) is 0 Å². The normalized spacial score (nSPS) is 12.4. The van der Waals surface area contributed by atoms with Gasteiger partial charge in [0.2, 0.25) is 0 Å². The molecule has 0 saturated carbocycles. The summed E-state index contributed by atoms with van der Waals surface area (Å²) < 4.78 is 0. The van der Waals surface area contributed by atoms with Gasteiger partial charge in [0.15, 0.2) is 0 Å². The van der Waals surface area contributed by atoms with Crippen LogP contribution >= 0.6 is 11.3 Å². The van der Waals surface area contributed by atoms with E-state index in [4.69, 9.17) is 11.0 Å². The van der Waals surface area contributed by atoms with E-state index in [2.05, 4.69) is 0 Å². The van der Waals surface area contributed by atoms with Gasteiger partial charge in [0.25, 0.3) is 0 Å². The minimum Gasteiger partial charge on any atom is -0.391 e. The van der Waals surface area contributed by atoms with Crippen molar-refractivity contribution < 1.29 is 5.11 Å². The van der Waals surface area contributed by atoms with Gasteiger partial charge in [-0.25, -0.2) is 0 Å². The zero-order valence-electron chi connectivity index (χ0n) is 6.53. The van der Waals surface area contributed by atoms with E-state index < -0.39 is 6.10 Å². The number of nitriles is 1. The van der Waals surface area contributed by atoms with Gasteiger partial charge < -0.3 is 10.8 Å². The second-order valence-electron chi connectivity index (χ2n) is 2.51. The minimum absolute atomic E-state index is 0.264. The number of aliphatic hydroxyl groups is 1. The molecular formula is C8H10N2OS. The van der Waals surface area contributed by atoms with Crippen LogP contribution in [0.3, 0.4) is 0 Å². The number of hydrogen-bond acceptors (Lipinski definition) is 4. The van der Waals surface area contributed by atoms with Crippen molar-refractivity contribution in [2.24, 2.45) is 5.73 Å². The van der Waals surface area contributed by atoms with E-state index in [1.165, 1.54) is 11.3 Å². The Labute approximate surface area is 75.1 Å². The quantitative estimate of drug-likeness (QED) is 0.714. The summed E-state index contributed by atoms with van der Waals surface area (Å²) in [6, 6.07) is 3.82. The van der Waals surface area contributed by atoms with Crippen molar-refractivity contribution in [3.05, 3.63) is 21.9 Å². The smallest absolute Gasteiger partial charge is 0.100 e. The first kappa shape index (κ1) is 9.20. The number of aliphatic hydroxyl groups excluding tert-OH is 1. The fourth-order valence-electron chi connectivity index (χ4n) is 0.862. The van der Waals surface area contributed by atoms with Crippen molar-refractivity contribution in [2.75, 3.05) is 6.54 Å². The van der Waals surface area contributed by atoms with Crippen LogP contribution < -0.4 is 5.73 Å². The average Bonchev–Trinajstić information content (AvgIpc) is 2.52. The highest BCUT2D eigenvalue weighted by molar-refractivity contribution is 7.10. The highest BCUT2D eigenvalue weighted by atomic mass is 32.1. The lowest BCUT2D eigenvalue weighted by atomic mass is 10.2. The maximum Gasteiger partial charge on any atom is 0.100 e. The molecule has 1 heterocycles. The molecule has 1 aromatic rings. The molecular weight excluding hydrogens is 172 g/mol. The largest absolute Gasteiger partial charge is 0.391 e. The highest BCUT2D eigenvalue weighted by Crippen LogP contribution is 2.15. The van der Waals surface area contributed by atoms with Crippen molar-refractivity contribution in [2.45, 2.75) is 12.5 Å². The summed E-state index contributed by atoms with van der Waals surface area (Å²) in [4.78, 5) is 1.00. The molecule has 4 heteroatoms. The molecule has 0 fully saturated rings. The molecule has 1 rings (SSSR count). The molecule has 3 nitrogen and oxygen atoms in total. The first-order chi connectivity index (χ1) is 5.76. The molecule has 0 aromatic carbocycles. The second kappa shape index (κ2) is 4.21. The van der Waals surface area contributed by atoms with E-state index in [1.807, 2.05) is 6.07 Å². The summed E-state index contributed by atoms with van der Waals surface area (Å²) in [5, 5.41) is 19.5. The number of hydrogen-bond donors (Lipinski definition) is 2. The molecule has 0 bridgehead atoms. The summed E-state index contributed by atoms with van der Waals surface area (Å²) in [6.45, 7) is 0.264. The lowest BCUT2D eigenvalue weighted by Gasteiger charge is -2.03. The molecule has 3 N–H and O–H groups in total. The Kier molecular flexibility index (Phi) is 3.23. The third-order valence-corrected chi connectivity index (χ3v) is 2.45. The molecule has 64 valence electrons. The Morgan fingerprint density at radius 1 is 1.75 bits per heavy atom. The lowest BCUT2D eigenvalue weighted by molar-refractivity contribution is 0.184. The maximum atomic E-state index is 9.19. The van der Waals surface area contributed by atoms with Gasteiger partial charge in [0.1, 0.15) is 6.07 Å². The van der Waals surface area contributed by atoms with Gasteiger partial charge in [0.05, 0.1) is 11.7 Å². The summed E-state index contributed by atoms with van der Waals surface area (Å²) in [6.07, 6.45) is 0.0539. The van der Waals surface area contributed by atoms with Crippen molar-refractivity contribution in [1.82, 2.24) is 0 Å². The van der Waals surface area contributed by atoms with E-state index in [0.29, 0.717) is 12.0 Å². The number of rotatable bonds is 3. The van der Waals surface area contributed by atoms with Gasteiger partial charge in [0, 0.05) is 23.2 Å². The fraction of sp³-hybridized carbons (Fsp3) is 0.375. The third kappa shape index (κ3) is 2.31. The van der Waals surface area contributed by atoms with Gasteiger partial charge >= 0.3 is 0 Å². The monoisotopic (exact) mass is 182 g/mol. The first-order valence-electron chi connectivity index (χ1n) is 3.62. The van der Waals surface area contributed by atoms with E-state index in [9.17, 15) is 5.11 Å². The zero-order valence-corrected chi connectivity index (χ0v) is 7.34. The van der Waals surface area contributed by atoms with Crippen LogP contribution in [0.2, 0.25) is 0 Å². The van der Waals surface area contributed by atoms with E-state index in [0.717, 1.165) is 4.88 Å². The molecule has 0 aliphatic carbocycles. The highest BCUT2D eigenvalue weighted by Gasteiger charge is 2.05. The zero-order chi connectivity index (χ0) is 8.97. The van der Waals surface area contributed by atoms with Gasteiger partial charge in [-0.2, -0.15) is 5.26 Å². The summed E-state index contributed by atoms with van der Waals surface area (Å²) >= 11 is 1.48. The van der Waals surface area contributed by atoms with E-state index in [1.54, 1.807) is 11.4 Å². The van der Waals surface area contributed by atoms with Gasteiger partial charge in [-0.15, -0.1) is 11.3 Å². The molecule has 0 aliphatic heterocycles. The van der Waals surface area contributed by atoms with Crippen LogP contribution in [0, 0.1) is 11.3 Å². The Balaban J connectivity index is 2.59. The molecule has 1 unspecified atom stereocenters. The van der Waals surface area contributed by atoms with Crippen LogP contribution in [-0.2, 0) is 6.42 Å². The van der Waals surface area contributed by atoms with Crippen LogP contribution in [0.5, 0.6) is 0 Å². The number of nitrogens with two attached hydrogens (primary N) is 1. The van der Waals surface area contributed by atoms with Gasteiger partial charge in [-0.3, -0.25) is 0 Å². The van der Waals surface area contributed by atoms with Crippen LogP contribution in [0.15, 0.2) is 11.4 Å². The van der Waals surface area contributed by atoms with Gasteiger partial charge in [-0.05, 0) is 6.07 Å². The Bertz CT molecular complexity index is 289. The molecule has 1 aromatic heterocycles. The summed E-state index contributed by atoms with van der Waals surface area (Å²) in [5.74, 6) is 0. The van der Waals surface area contributed by atoms with Crippen molar-refractivity contribution in [3.8, 4) is 6.07 Å². The van der Waals surface area contributed by atoms with E-state index >= 15 is 0 Å². The predicted octanol–water partition coefficient (Wildman–Crippen LogP) is 0.482. The van der Waals surface area contributed by atoms with Gasteiger partial charge in [-0.1, -0.05) is 0 Å². The first-order valence-corrected chi connectivity index (χ1v) is 4.50. The minimum atomic E-state index is -0.491. The average molecular weight is 182 g/mol. The molecule has 12 heavy (non-hydrogen) atoms. The Morgan fingerprint density at radius 3 is 3.00 bits per heavy atom. The topological polar surface area (TPSA) is 70.0 Å². The van der Waals surface area contributed by atoms with Crippen LogP contribution in [-0.4, -0.2) is 17.8 Å². The fourth-order valence-corrected chi connectivity index (χ4v) is 1.74. The SMILES string of the molecule is N#Cc1csc(CC(O)CN)c1.